The van der Waals surface area contributed by atoms with Gasteiger partial charge in [0.2, 0.25) is 0 Å². The van der Waals surface area contributed by atoms with Crippen molar-refractivity contribution < 1.29 is 23.4 Å². The second-order valence-corrected chi connectivity index (χ2v) is 6.13. The second-order valence-electron chi connectivity index (χ2n) is 5.27. The smallest absolute Gasteiger partial charge is 0.261 e. The van der Waals surface area contributed by atoms with Crippen LogP contribution >= 0.6 is 15.9 Å². The molecule has 1 amide bonds. The summed E-state index contributed by atoms with van der Waals surface area (Å²) in [4.78, 5) is 12.2. The zero-order valence-electron chi connectivity index (χ0n) is 14.1. The molecule has 1 atom stereocenters. The number of hydrogen-bond donors (Lipinski definition) is 1. The monoisotopic (exact) mass is 411 g/mol. The fourth-order valence-corrected chi connectivity index (χ4v) is 2.56. The van der Waals surface area contributed by atoms with Crippen molar-refractivity contribution in [2.24, 2.45) is 0 Å². The van der Waals surface area contributed by atoms with Crippen molar-refractivity contribution >= 4 is 21.8 Å². The summed E-state index contributed by atoms with van der Waals surface area (Å²) in [7, 11) is 3.13. The van der Waals surface area contributed by atoms with Crippen molar-refractivity contribution in [3.63, 3.8) is 0 Å². The number of benzene rings is 2. The maximum atomic E-state index is 13.1. The van der Waals surface area contributed by atoms with Gasteiger partial charge in [0.05, 0.1) is 18.7 Å². The summed E-state index contributed by atoms with van der Waals surface area (Å²) in [5.41, 5.74) is 0.833. The van der Waals surface area contributed by atoms with Crippen molar-refractivity contribution in [1.82, 2.24) is 5.32 Å². The Morgan fingerprint density at radius 2 is 1.80 bits per heavy atom. The van der Waals surface area contributed by atoms with Gasteiger partial charge < -0.3 is 19.5 Å². The Bertz CT molecular complexity index is 732. The van der Waals surface area contributed by atoms with E-state index in [1.165, 1.54) is 18.2 Å². The minimum atomic E-state index is -0.741. The van der Waals surface area contributed by atoms with Gasteiger partial charge in [-0.1, -0.05) is 0 Å². The largest absolute Gasteiger partial charge is 0.497 e. The number of ether oxygens (including phenoxy) is 3. The number of nitrogens with one attached hydrogen (secondary N) is 1. The minimum absolute atomic E-state index is 0.294. The molecule has 0 spiro atoms. The van der Waals surface area contributed by atoms with Crippen molar-refractivity contribution in [2.75, 3.05) is 14.2 Å². The zero-order chi connectivity index (χ0) is 18.4. The number of carbonyl (C=O) groups excluding carboxylic acids is 1. The Hall–Kier alpha value is -2.28. The molecule has 2 rings (SSSR count). The van der Waals surface area contributed by atoms with Crippen LogP contribution in [0.25, 0.3) is 0 Å². The first-order chi connectivity index (χ1) is 11.9. The van der Waals surface area contributed by atoms with Gasteiger partial charge in [0.15, 0.2) is 6.10 Å². The summed E-state index contributed by atoms with van der Waals surface area (Å²) < 4.78 is 29.5. The van der Waals surface area contributed by atoms with E-state index in [-0.39, 0.29) is 11.7 Å². The molecule has 0 aliphatic rings. The summed E-state index contributed by atoms with van der Waals surface area (Å²) in [6, 6.07) is 9.39. The zero-order valence-corrected chi connectivity index (χ0v) is 15.7. The number of amides is 1. The van der Waals surface area contributed by atoms with Gasteiger partial charge in [-0.2, -0.15) is 0 Å². The first kappa shape index (κ1) is 19.1. The predicted molar refractivity (Wildman–Crippen MR) is 95.6 cm³/mol. The molecule has 2 aromatic rings. The van der Waals surface area contributed by atoms with E-state index < -0.39 is 6.10 Å². The van der Waals surface area contributed by atoms with Gasteiger partial charge in [-0.15, -0.1) is 0 Å². The maximum absolute atomic E-state index is 13.1. The maximum Gasteiger partial charge on any atom is 0.261 e. The molecule has 0 bridgehead atoms. The molecule has 0 heterocycles. The van der Waals surface area contributed by atoms with Crippen LogP contribution in [0, 0.1) is 5.82 Å². The molecule has 25 heavy (non-hydrogen) atoms. The summed E-state index contributed by atoms with van der Waals surface area (Å²) in [5.74, 6) is 1.000. The number of hydrogen-bond acceptors (Lipinski definition) is 4. The van der Waals surface area contributed by atoms with Gasteiger partial charge in [-0.25, -0.2) is 4.39 Å². The van der Waals surface area contributed by atoms with E-state index in [9.17, 15) is 9.18 Å². The Kier molecular flexibility index (Phi) is 6.64. The second kappa shape index (κ2) is 8.71. The molecule has 0 aliphatic heterocycles. The summed E-state index contributed by atoms with van der Waals surface area (Å²) in [5, 5.41) is 2.79. The molecule has 1 N–H and O–H groups in total. The van der Waals surface area contributed by atoms with Crippen molar-refractivity contribution in [3.05, 3.63) is 52.3 Å². The van der Waals surface area contributed by atoms with Crippen LogP contribution in [0.1, 0.15) is 12.5 Å². The van der Waals surface area contributed by atoms with Crippen LogP contribution < -0.4 is 19.5 Å². The van der Waals surface area contributed by atoms with Crippen LogP contribution in [0.4, 0.5) is 4.39 Å². The highest BCUT2D eigenvalue weighted by molar-refractivity contribution is 9.10. The molecule has 134 valence electrons. The number of halogens is 2. The van der Waals surface area contributed by atoms with E-state index in [0.29, 0.717) is 28.3 Å². The van der Waals surface area contributed by atoms with E-state index in [0.717, 1.165) is 5.56 Å². The molecule has 2 aromatic carbocycles. The van der Waals surface area contributed by atoms with Crippen molar-refractivity contribution in [3.8, 4) is 17.2 Å². The molecule has 7 heteroatoms. The molecule has 0 radical (unpaired) electrons. The highest BCUT2D eigenvalue weighted by atomic mass is 79.9. The Morgan fingerprint density at radius 3 is 2.36 bits per heavy atom. The van der Waals surface area contributed by atoms with Crippen LogP contribution in [0.2, 0.25) is 0 Å². The molecular weight excluding hydrogens is 393 g/mol. The van der Waals surface area contributed by atoms with Crippen molar-refractivity contribution in [1.29, 1.82) is 0 Å². The van der Waals surface area contributed by atoms with Gasteiger partial charge in [-0.05, 0) is 58.7 Å². The SMILES string of the molecule is COc1cc(CNC(=O)C(C)Oc2ccc(F)cc2Br)cc(OC)c1. The van der Waals surface area contributed by atoms with Crippen LogP contribution in [-0.4, -0.2) is 26.2 Å². The molecule has 0 saturated carbocycles. The molecule has 0 saturated heterocycles. The molecule has 5 nitrogen and oxygen atoms in total. The number of methoxy groups -OCH3 is 2. The third kappa shape index (κ3) is 5.35. The standard InChI is InChI=1S/C18H19BrFNO4/c1-11(25-17-5-4-13(20)8-16(17)19)18(22)21-10-12-6-14(23-2)9-15(7-12)24-3/h4-9,11H,10H2,1-3H3,(H,21,22). The van der Waals surface area contributed by atoms with Crippen LogP contribution in [0.5, 0.6) is 17.2 Å². The molecule has 0 fully saturated rings. The summed E-state index contributed by atoms with van der Waals surface area (Å²) in [6.07, 6.45) is -0.741. The quantitative estimate of drug-likeness (QED) is 0.754. The first-order valence-corrected chi connectivity index (χ1v) is 8.33. The lowest BCUT2D eigenvalue weighted by Gasteiger charge is -2.16. The first-order valence-electron chi connectivity index (χ1n) is 7.54. The fraction of sp³-hybridized carbons (Fsp3) is 0.278. The lowest BCUT2D eigenvalue weighted by molar-refractivity contribution is -0.127. The number of carbonyl (C=O) groups is 1. The van der Waals surface area contributed by atoms with Crippen molar-refractivity contribution in [2.45, 2.75) is 19.6 Å². The minimum Gasteiger partial charge on any atom is -0.497 e. The van der Waals surface area contributed by atoms with Crippen LogP contribution in [-0.2, 0) is 11.3 Å². The normalized spacial score (nSPS) is 11.6. The summed E-state index contributed by atoms with van der Waals surface area (Å²) in [6.45, 7) is 1.92. The van der Waals surface area contributed by atoms with Gasteiger partial charge >= 0.3 is 0 Å². The average molecular weight is 412 g/mol. The van der Waals surface area contributed by atoms with E-state index in [1.54, 1.807) is 27.2 Å². The van der Waals surface area contributed by atoms with Gasteiger partial charge in [-0.3, -0.25) is 4.79 Å². The van der Waals surface area contributed by atoms with Gasteiger partial charge in [0, 0.05) is 12.6 Å². The lowest BCUT2D eigenvalue weighted by atomic mass is 10.2. The lowest BCUT2D eigenvalue weighted by Crippen LogP contribution is -2.36. The summed E-state index contributed by atoms with van der Waals surface area (Å²) >= 11 is 3.21. The molecule has 0 aromatic heterocycles. The molecular formula is C18H19BrFNO4. The average Bonchev–Trinajstić information content (AvgIpc) is 2.61. The third-order valence-electron chi connectivity index (χ3n) is 3.44. The highest BCUT2D eigenvalue weighted by Crippen LogP contribution is 2.26. The van der Waals surface area contributed by atoms with E-state index >= 15 is 0 Å². The van der Waals surface area contributed by atoms with Crippen LogP contribution in [0.15, 0.2) is 40.9 Å². The Balaban J connectivity index is 1.97. The molecule has 0 aliphatic carbocycles. The Morgan fingerprint density at radius 1 is 1.16 bits per heavy atom. The Labute approximate surface area is 154 Å². The predicted octanol–water partition coefficient (Wildman–Crippen LogP) is 3.69. The topological polar surface area (TPSA) is 56.8 Å². The van der Waals surface area contributed by atoms with E-state index in [1.807, 2.05) is 12.1 Å². The molecule has 1 unspecified atom stereocenters. The van der Waals surface area contributed by atoms with Gasteiger partial charge in [0.25, 0.3) is 5.91 Å². The third-order valence-corrected chi connectivity index (χ3v) is 4.06. The fourth-order valence-electron chi connectivity index (χ4n) is 2.12. The van der Waals surface area contributed by atoms with E-state index in [4.69, 9.17) is 14.2 Å². The highest BCUT2D eigenvalue weighted by Gasteiger charge is 2.16. The van der Waals surface area contributed by atoms with E-state index in [2.05, 4.69) is 21.2 Å². The number of rotatable bonds is 7. The van der Waals surface area contributed by atoms with Gasteiger partial charge in [0.1, 0.15) is 23.1 Å². The van der Waals surface area contributed by atoms with Crippen LogP contribution in [0.3, 0.4) is 0 Å².